The summed E-state index contributed by atoms with van der Waals surface area (Å²) in [7, 11) is 1.20. The minimum Gasteiger partial charge on any atom is -0.488 e. The van der Waals surface area contributed by atoms with Crippen molar-refractivity contribution in [3.8, 4) is 28.0 Å². The van der Waals surface area contributed by atoms with Crippen molar-refractivity contribution in [2.24, 2.45) is 0 Å². The molecule has 0 saturated carbocycles. The number of amides is 1. The Hall–Kier alpha value is -3.72. The van der Waals surface area contributed by atoms with Gasteiger partial charge in [-0.1, -0.05) is 6.92 Å². The molecule has 1 aliphatic heterocycles. The quantitative estimate of drug-likeness (QED) is 0.543. The van der Waals surface area contributed by atoms with Crippen molar-refractivity contribution in [2.45, 2.75) is 20.0 Å². The third-order valence-corrected chi connectivity index (χ3v) is 5.89. The fourth-order valence-electron chi connectivity index (χ4n) is 3.52. The van der Waals surface area contributed by atoms with Gasteiger partial charge < -0.3 is 19.9 Å². The molecule has 8 nitrogen and oxygen atoms in total. The first-order chi connectivity index (χ1) is 15.4. The Labute approximate surface area is 187 Å². The van der Waals surface area contributed by atoms with Gasteiger partial charge in [0.15, 0.2) is 5.69 Å². The van der Waals surface area contributed by atoms with Crippen molar-refractivity contribution in [2.75, 3.05) is 13.7 Å². The van der Waals surface area contributed by atoms with Gasteiger partial charge in [-0.05, 0) is 41.4 Å². The van der Waals surface area contributed by atoms with Crippen LogP contribution in [0.2, 0.25) is 0 Å². The van der Waals surface area contributed by atoms with E-state index in [1.54, 1.807) is 12.1 Å². The van der Waals surface area contributed by atoms with Crippen LogP contribution in [0.15, 0.2) is 35.0 Å². The van der Waals surface area contributed by atoms with Gasteiger partial charge in [-0.15, -0.1) is 0 Å². The summed E-state index contributed by atoms with van der Waals surface area (Å²) in [5.41, 5.74) is 2.97. The standard InChI is InChI=1S/C23H20N2O6S/c1-3-6-24-21(26)18-5-4-13(20(25-18)23(29)30-2)14-8-19-15(7-16(14)22(27)28)17-11-32-10-12(17)9-31-19/h4-5,7-8,10-11H,3,6,9H2,1-2H3,(H,24,26)(H,27,28). The summed E-state index contributed by atoms with van der Waals surface area (Å²) in [6.45, 7) is 2.75. The van der Waals surface area contributed by atoms with E-state index in [0.717, 1.165) is 17.5 Å². The molecule has 164 valence electrons. The maximum Gasteiger partial charge on any atom is 0.357 e. The van der Waals surface area contributed by atoms with Crippen molar-refractivity contribution in [3.05, 3.63) is 57.5 Å². The van der Waals surface area contributed by atoms with E-state index in [-0.39, 0.29) is 28.1 Å². The second-order valence-corrected chi connectivity index (χ2v) is 7.88. The monoisotopic (exact) mass is 452 g/mol. The molecule has 2 N–H and O–H groups in total. The molecular weight excluding hydrogens is 432 g/mol. The summed E-state index contributed by atoms with van der Waals surface area (Å²) in [5, 5.41) is 16.5. The van der Waals surface area contributed by atoms with Gasteiger partial charge in [0.25, 0.3) is 5.91 Å². The number of hydrogen-bond acceptors (Lipinski definition) is 7. The highest BCUT2D eigenvalue weighted by Crippen LogP contribution is 2.43. The number of fused-ring (bicyclic) bond motifs is 3. The number of rotatable bonds is 6. The van der Waals surface area contributed by atoms with Gasteiger partial charge in [0, 0.05) is 34.4 Å². The molecule has 3 heterocycles. The molecule has 4 rings (SSSR count). The summed E-state index contributed by atoms with van der Waals surface area (Å²) in [5.74, 6) is -1.86. The third kappa shape index (κ3) is 3.82. The Morgan fingerprint density at radius 3 is 2.69 bits per heavy atom. The number of hydrogen-bond donors (Lipinski definition) is 2. The van der Waals surface area contributed by atoms with Gasteiger partial charge in [-0.25, -0.2) is 14.6 Å². The zero-order valence-corrected chi connectivity index (χ0v) is 18.2. The predicted molar refractivity (Wildman–Crippen MR) is 118 cm³/mol. The van der Waals surface area contributed by atoms with Crippen LogP contribution in [0, 0.1) is 0 Å². The summed E-state index contributed by atoms with van der Waals surface area (Å²) in [6, 6.07) is 6.10. The number of aromatic nitrogens is 1. The molecule has 0 spiro atoms. The Balaban J connectivity index is 1.88. The number of nitrogens with zero attached hydrogens (tertiary/aromatic N) is 1. The molecular formula is C23H20N2O6S. The number of carbonyl (C=O) groups excluding carboxylic acids is 2. The molecule has 0 aliphatic carbocycles. The number of ether oxygens (including phenoxy) is 2. The van der Waals surface area contributed by atoms with E-state index >= 15 is 0 Å². The highest BCUT2D eigenvalue weighted by atomic mass is 32.1. The number of carboxylic acid groups (broad SMARTS) is 1. The second kappa shape index (κ2) is 8.80. The Morgan fingerprint density at radius 1 is 1.16 bits per heavy atom. The van der Waals surface area contributed by atoms with Crippen molar-refractivity contribution < 1.29 is 29.0 Å². The van der Waals surface area contributed by atoms with Crippen LogP contribution < -0.4 is 10.1 Å². The molecule has 0 fully saturated rings. The van der Waals surface area contributed by atoms with Gasteiger partial charge in [0.1, 0.15) is 18.1 Å². The number of benzene rings is 1. The maximum atomic E-state index is 12.5. The lowest BCUT2D eigenvalue weighted by atomic mass is 9.91. The highest BCUT2D eigenvalue weighted by Gasteiger charge is 2.27. The normalized spacial score (nSPS) is 11.7. The molecule has 9 heteroatoms. The zero-order valence-electron chi connectivity index (χ0n) is 17.4. The van der Waals surface area contributed by atoms with Gasteiger partial charge in [0.2, 0.25) is 0 Å². The van der Waals surface area contributed by atoms with Gasteiger partial charge in [0.05, 0.1) is 12.7 Å². The van der Waals surface area contributed by atoms with E-state index in [1.807, 2.05) is 17.7 Å². The predicted octanol–water partition coefficient (Wildman–Crippen LogP) is 3.99. The fourth-order valence-corrected chi connectivity index (χ4v) is 4.36. The number of nitrogens with one attached hydrogen (secondary N) is 1. The Bertz CT molecular complexity index is 1230. The van der Waals surface area contributed by atoms with Crippen LogP contribution in [0.4, 0.5) is 0 Å². The Morgan fingerprint density at radius 2 is 1.97 bits per heavy atom. The lowest BCUT2D eigenvalue weighted by molar-refractivity contribution is 0.0593. The minimum atomic E-state index is -1.16. The van der Waals surface area contributed by atoms with E-state index in [1.165, 1.54) is 30.6 Å². The van der Waals surface area contributed by atoms with Crippen LogP contribution >= 0.6 is 11.3 Å². The lowest BCUT2D eigenvalue weighted by Gasteiger charge is -2.21. The first-order valence-corrected chi connectivity index (χ1v) is 10.9. The van der Waals surface area contributed by atoms with E-state index < -0.39 is 17.8 Å². The second-order valence-electron chi connectivity index (χ2n) is 7.14. The van der Waals surface area contributed by atoms with Crippen LogP contribution in [0.5, 0.6) is 5.75 Å². The number of esters is 1. The maximum absolute atomic E-state index is 12.5. The molecule has 0 unspecified atom stereocenters. The average Bonchev–Trinajstić information content (AvgIpc) is 3.30. The summed E-state index contributed by atoms with van der Waals surface area (Å²) < 4.78 is 10.7. The molecule has 1 aliphatic rings. The van der Waals surface area contributed by atoms with Crippen molar-refractivity contribution in [1.82, 2.24) is 10.3 Å². The molecule has 2 aromatic heterocycles. The number of thiophene rings is 1. The van der Waals surface area contributed by atoms with Gasteiger partial charge in [-0.3, -0.25) is 4.79 Å². The number of aromatic carboxylic acids is 1. The van der Waals surface area contributed by atoms with Gasteiger partial charge >= 0.3 is 11.9 Å². The molecule has 0 radical (unpaired) electrons. The van der Waals surface area contributed by atoms with E-state index in [9.17, 15) is 19.5 Å². The number of pyridine rings is 1. The molecule has 1 amide bonds. The SMILES string of the molecule is CCCNC(=O)c1ccc(-c2cc3c(cc2C(=O)O)-c2cscc2CO3)c(C(=O)OC)n1. The highest BCUT2D eigenvalue weighted by molar-refractivity contribution is 7.08. The fraction of sp³-hybridized carbons (Fsp3) is 0.217. The van der Waals surface area contributed by atoms with E-state index in [4.69, 9.17) is 9.47 Å². The summed E-state index contributed by atoms with van der Waals surface area (Å²) >= 11 is 1.52. The van der Waals surface area contributed by atoms with Crippen molar-refractivity contribution in [3.63, 3.8) is 0 Å². The topological polar surface area (TPSA) is 115 Å². The molecule has 1 aromatic carbocycles. The summed E-state index contributed by atoms with van der Waals surface area (Å²) in [6.07, 6.45) is 0.747. The molecule has 3 aromatic rings. The van der Waals surface area contributed by atoms with Crippen LogP contribution in [0.3, 0.4) is 0 Å². The van der Waals surface area contributed by atoms with E-state index in [0.29, 0.717) is 24.5 Å². The molecule has 0 atom stereocenters. The third-order valence-electron chi connectivity index (χ3n) is 5.10. The number of carboxylic acids is 1. The van der Waals surface area contributed by atoms with Crippen LogP contribution in [-0.4, -0.2) is 41.6 Å². The largest absolute Gasteiger partial charge is 0.488 e. The molecule has 32 heavy (non-hydrogen) atoms. The van der Waals surface area contributed by atoms with Crippen molar-refractivity contribution >= 4 is 29.2 Å². The molecule has 0 saturated heterocycles. The van der Waals surface area contributed by atoms with Crippen LogP contribution in [-0.2, 0) is 11.3 Å². The first-order valence-electron chi connectivity index (χ1n) is 9.92. The van der Waals surface area contributed by atoms with Crippen LogP contribution in [0.25, 0.3) is 22.3 Å². The van der Waals surface area contributed by atoms with Crippen LogP contribution in [0.1, 0.15) is 50.2 Å². The van der Waals surface area contributed by atoms with Gasteiger partial charge in [-0.2, -0.15) is 11.3 Å². The number of methoxy groups -OCH3 is 1. The first kappa shape index (κ1) is 21.5. The van der Waals surface area contributed by atoms with Crippen molar-refractivity contribution in [1.29, 1.82) is 0 Å². The van der Waals surface area contributed by atoms with E-state index in [2.05, 4.69) is 10.3 Å². The smallest absolute Gasteiger partial charge is 0.357 e. The number of carbonyl (C=O) groups is 3. The zero-order chi connectivity index (χ0) is 22.8. The molecule has 0 bridgehead atoms. The Kier molecular flexibility index (Phi) is 5.91. The average molecular weight is 452 g/mol. The minimum absolute atomic E-state index is 0.0125. The summed E-state index contributed by atoms with van der Waals surface area (Å²) in [4.78, 5) is 41.2. The lowest BCUT2D eigenvalue weighted by Crippen LogP contribution is -2.25.